The van der Waals surface area contributed by atoms with E-state index in [1.807, 2.05) is 24.3 Å². The Hall–Kier alpha value is -2.15. The molecule has 0 spiro atoms. The summed E-state index contributed by atoms with van der Waals surface area (Å²) in [5.74, 6) is 11.1. The first-order valence-electron chi connectivity index (χ1n) is 4.43. The minimum Gasteiger partial charge on any atom is -0.324 e. The number of rotatable bonds is 3. The van der Waals surface area contributed by atoms with Gasteiger partial charge in [-0.25, -0.2) is 0 Å². The molecule has 0 saturated heterocycles. The molecule has 1 aromatic carbocycles. The normalized spacial score (nSPS) is 8.33. The number of hydrogen-bond acceptors (Lipinski definition) is 3. The van der Waals surface area contributed by atoms with Gasteiger partial charge in [0.2, 0.25) is 0 Å². The Morgan fingerprint density at radius 3 is 3.13 bits per heavy atom. The van der Waals surface area contributed by atoms with E-state index in [-0.39, 0.29) is 0 Å². The maximum atomic E-state index is 8.04. The summed E-state index contributed by atoms with van der Waals surface area (Å²) in [4.78, 5) is 2.64. The van der Waals surface area contributed by atoms with Gasteiger partial charge in [0.25, 0.3) is 0 Å². The number of nitrogen functional groups attached to an aromatic ring is 1. The molecule has 5 heteroatoms. The second kappa shape index (κ2) is 6.33. The van der Waals surface area contributed by atoms with Crippen molar-refractivity contribution in [1.29, 1.82) is 0 Å². The van der Waals surface area contributed by atoms with Crippen molar-refractivity contribution in [2.45, 2.75) is 6.42 Å². The average molecular weight is 201 g/mol. The molecule has 15 heavy (non-hydrogen) atoms. The number of azide groups is 1. The third-order valence-electron chi connectivity index (χ3n) is 1.66. The maximum absolute atomic E-state index is 8.04. The van der Waals surface area contributed by atoms with Crippen LogP contribution in [-0.4, -0.2) is 6.54 Å². The van der Waals surface area contributed by atoms with Crippen LogP contribution in [0.4, 0.5) is 5.69 Å². The number of nitrogens with two attached hydrogens (primary N) is 1. The lowest BCUT2D eigenvalue weighted by Gasteiger charge is -1.98. The SMILES string of the molecule is [N-]=[N+]=NCCC#Cc1cccc(NN)c1. The van der Waals surface area contributed by atoms with Crippen LogP contribution in [0.5, 0.6) is 0 Å². The number of hydrazine groups is 1. The predicted molar refractivity (Wildman–Crippen MR) is 59.8 cm³/mol. The van der Waals surface area contributed by atoms with E-state index in [0.717, 1.165) is 11.3 Å². The van der Waals surface area contributed by atoms with Gasteiger partial charge in [0.05, 0.1) is 0 Å². The van der Waals surface area contributed by atoms with Crippen LogP contribution in [0, 0.1) is 11.8 Å². The molecule has 0 amide bonds. The van der Waals surface area contributed by atoms with E-state index in [0.29, 0.717) is 13.0 Å². The van der Waals surface area contributed by atoms with Gasteiger partial charge in [0.15, 0.2) is 0 Å². The van der Waals surface area contributed by atoms with Gasteiger partial charge < -0.3 is 5.43 Å². The van der Waals surface area contributed by atoms with Crippen molar-refractivity contribution >= 4 is 5.69 Å². The Bertz CT molecular complexity index is 423. The van der Waals surface area contributed by atoms with Crippen molar-refractivity contribution in [2.24, 2.45) is 11.0 Å². The molecule has 1 rings (SSSR count). The fourth-order valence-corrected chi connectivity index (χ4v) is 1.00. The molecule has 0 aliphatic heterocycles. The van der Waals surface area contributed by atoms with E-state index in [2.05, 4.69) is 27.3 Å². The molecule has 0 radical (unpaired) electrons. The quantitative estimate of drug-likeness (QED) is 0.149. The molecule has 0 atom stereocenters. The first kappa shape index (κ1) is 10.9. The monoisotopic (exact) mass is 201 g/mol. The van der Waals surface area contributed by atoms with Crippen LogP contribution in [0.25, 0.3) is 10.4 Å². The Balaban J connectivity index is 2.58. The zero-order valence-electron chi connectivity index (χ0n) is 8.14. The highest BCUT2D eigenvalue weighted by Crippen LogP contribution is 2.07. The van der Waals surface area contributed by atoms with Crippen molar-refractivity contribution in [3.8, 4) is 11.8 Å². The zero-order valence-corrected chi connectivity index (χ0v) is 8.14. The molecule has 0 aliphatic rings. The lowest BCUT2D eigenvalue weighted by atomic mass is 10.2. The molecule has 0 saturated carbocycles. The molecule has 0 unspecified atom stereocenters. The third-order valence-corrected chi connectivity index (χ3v) is 1.66. The molecule has 76 valence electrons. The van der Waals surface area contributed by atoms with Crippen molar-refractivity contribution < 1.29 is 0 Å². The number of benzene rings is 1. The van der Waals surface area contributed by atoms with E-state index < -0.39 is 0 Å². The Morgan fingerprint density at radius 1 is 1.53 bits per heavy atom. The van der Waals surface area contributed by atoms with Gasteiger partial charge in [-0.2, -0.15) is 0 Å². The summed E-state index contributed by atoms with van der Waals surface area (Å²) in [5.41, 5.74) is 12.3. The number of anilines is 1. The van der Waals surface area contributed by atoms with Gasteiger partial charge >= 0.3 is 0 Å². The summed E-state index contributed by atoms with van der Waals surface area (Å²) in [6.45, 7) is 0.401. The summed E-state index contributed by atoms with van der Waals surface area (Å²) in [6.07, 6.45) is 0.560. The van der Waals surface area contributed by atoms with E-state index in [1.165, 1.54) is 0 Å². The van der Waals surface area contributed by atoms with Gasteiger partial charge in [-0.15, -0.1) is 0 Å². The topological polar surface area (TPSA) is 86.8 Å². The number of nitrogens with one attached hydrogen (secondary N) is 1. The molecule has 0 aliphatic carbocycles. The van der Waals surface area contributed by atoms with Gasteiger partial charge in [0.1, 0.15) is 0 Å². The van der Waals surface area contributed by atoms with Crippen molar-refractivity contribution in [3.05, 3.63) is 40.3 Å². The Morgan fingerprint density at radius 2 is 2.40 bits per heavy atom. The fraction of sp³-hybridized carbons (Fsp3) is 0.200. The second-order valence-electron chi connectivity index (χ2n) is 2.73. The lowest BCUT2D eigenvalue weighted by Crippen LogP contribution is -2.06. The average Bonchev–Trinajstić information content (AvgIpc) is 2.29. The molecular formula is C10H11N5. The molecule has 0 heterocycles. The predicted octanol–water partition coefficient (Wildman–Crippen LogP) is 2.02. The maximum Gasteiger partial charge on any atom is 0.0497 e. The van der Waals surface area contributed by atoms with Gasteiger partial charge in [-0.1, -0.05) is 23.0 Å². The van der Waals surface area contributed by atoms with Crippen molar-refractivity contribution in [2.75, 3.05) is 12.0 Å². The van der Waals surface area contributed by atoms with Crippen LogP contribution in [0.1, 0.15) is 12.0 Å². The molecular weight excluding hydrogens is 190 g/mol. The summed E-state index contributed by atoms with van der Waals surface area (Å²) < 4.78 is 0. The van der Waals surface area contributed by atoms with Crippen LogP contribution in [0.3, 0.4) is 0 Å². The molecule has 5 nitrogen and oxygen atoms in total. The van der Waals surface area contributed by atoms with Gasteiger partial charge in [-0.3, -0.25) is 5.84 Å². The highest BCUT2D eigenvalue weighted by atomic mass is 15.2. The van der Waals surface area contributed by atoms with Crippen molar-refractivity contribution in [3.63, 3.8) is 0 Å². The van der Waals surface area contributed by atoms with E-state index >= 15 is 0 Å². The van der Waals surface area contributed by atoms with E-state index in [4.69, 9.17) is 11.4 Å². The zero-order chi connectivity index (χ0) is 10.9. The minimum absolute atomic E-state index is 0.401. The summed E-state index contributed by atoms with van der Waals surface area (Å²) in [7, 11) is 0. The molecule has 0 aromatic heterocycles. The first-order valence-corrected chi connectivity index (χ1v) is 4.43. The van der Waals surface area contributed by atoms with Gasteiger partial charge in [0, 0.05) is 29.1 Å². The molecule has 3 N–H and O–H groups in total. The van der Waals surface area contributed by atoms with Crippen LogP contribution in [0.2, 0.25) is 0 Å². The van der Waals surface area contributed by atoms with Crippen LogP contribution < -0.4 is 11.3 Å². The molecule has 0 fully saturated rings. The van der Waals surface area contributed by atoms with Gasteiger partial charge in [-0.05, 0) is 23.7 Å². The van der Waals surface area contributed by atoms with Crippen LogP contribution in [-0.2, 0) is 0 Å². The second-order valence-corrected chi connectivity index (χ2v) is 2.73. The minimum atomic E-state index is 0.401. The highest BCUT2D eigenvalue weighted by Gasteiger charge is 1.89. The summed E-state index contributed by atoms with van der Waals surface area (Å²) in [5, 5.41) is 3.38. The van der Waals surface area contributed by atoms with Crippen LogP contribution in [0.15, 0.2) is 29.4 Å². The first-order chi connectivity index (χ1) is 7.36. The Kier molecular flexibility index (Phi) is 4.61. The van der Waals surface area contributed by atoms with E-state index in [1.54, 1.807) is 0 Å². The molecule has 0 bridgehead atoms. The summed E-state index contributed by atoms with van der Waals surface area (Å²) in [6, 6.07) is 7.46. The molecule has 1 aromatic rings. The fourth-order valence-electron chi connectivity index (χ4n) is 1.00. The highest BCUT2D eigenvalue weighted by molar-refractivity contribution is 5.49. The standard InChI is InChI=1S/C10H11N5/c11-14-10-6-3-5-9(8-10)4-1-2-7-13-15-12/h3,5-6,8,14H,2,7,11H2. The van der Waals surface area contributed by atoms with Crippen LogP contribution >= 0.6 is 0 Å². The lowest BCUT2D eigenvalue weighted by molar-refractivity contribution is 1.01. The Labute approximate surface area is 87.9 Å². The number of nitrogens with zero attached hydrogens (tertiary/aromatic N) is 3. The van der Waals surface area contributed by atoms with E-state index in [9.17, 15) is 0 Å². The largest absolute Gasteiger partial charge is 0.324 e. The number of hydrogen-bond donors (Lipinski definition) is 2. The third kappa shape index (κ3) is 4.05. The smallest absolute Gasteiger partial charge is 0.0497 e. The summed E-state index contributed by atoms with van der Waals surface area (Å²) >= 11 is 0. The van der Waals surface area contributed by atoms with Crippen molar-refractivity contribution in [1.82, 2.24) is 0 Å².